The van der Waals surface area contributed by atoms with E-state index >= 15 is 0 Å². The number of amides is 2. The van der Waals surface area contributed by atoms with Crippen LogP contribution in [0.4, 0.5) is 5.69 Å². The van der Waals surface area contributed by atoms with Gasteiger partial charge in [-0.15, -0.1) is 11.3 Å². The molecule has 3 rings (SSSR count). The van der Waals surface area contributed by atoms with Crippen LogP contribution in [-0.2, 0) is 17.6 Å². The lowest BCUT2D eigenvalue weighted by atomic mass is 10.1. The molecule has 0 spiro atoms. The van der Waals surface area contributed by atoms with E-state index in [1.165, 1.54) is 28.9 Å². The molecule has 114 valence electrons. The molecule has 0 bridgehead atoms. The molecule has 0 atom stereocenters. The zero-order valence-electron chi connectivity index (χ0n) is 12.4. The maximum Gasteiger partial charge on any atom is 0.261 e. The van der Waals surface area contributed by atoms with Crippen LogP contribution in [0.3, 0.4) is 0 Å². The first-order valence-electron chi connectivity index (χ1n) is 7.38. The number of aryl methyl sites for hydroxylation is 3. The smallest absolute Gasteiger partial charge is 0.261 e. The normalized spacial score (nSPS) is 12.8. The Balaban J connectivity index is 1.53. The van der Waals surface area contributed by atoms with Crippen LogP contribution < -0.4 is 10.6 Å². The van der Waals surface area contributed by atoms with E-state index in [-0.39, 0.29) is 18.4 Å². The Morgan fingerprint density at radius 3 is 2.73 bits per heavy atom. The van der Waals surface area contributed by atoms with Crippen molar-refractivity contribution in [3.8, 4) is 0 Å². The van der Waals surface area contributed by atoms with Gasteiger partial charge in [-0.1, -0.05) is 6.07 Å². The molecule has 0 saturated heterocycles. The second-order valence-electron chi connectivity index (χ2n) is 5.48. The first-order chi connectivity index (χ1) is 10.6. The Kier molecular flexibility index (Phi) is 4.24. The minimum Gasteiger partial charge on any atom is -0.342 e. The standard InChI is InChI=1S/C17H18N2O2S/c1-11-5-8-15(22-11)17(21)18-10-16(20)19-14-7-6-12-3-2-4-13(12)9-14/h5-9H,2-4,10H2,1H3,(H,18,21)(H,19,20). The molecule has 4 nitrogen and oxygen atoms in total. The van der Waals surface area contributed by atoms with Crippen LogP contribution in [0, 0.1) is 6.92 Å². The summed E-state index contributed by atoms with van der Waals surface area (Å²) in [7, 11) is 0. The number of hydrogen-bond donors (Lipinski definition) is 2. The Bertz CT molecular complexity index is 721. The Hall–Kier alpha value is -2.14. The van der Waals surface area contributed by atoms with Crippen LogP contribution in [0.15, 0.2) is 30.3 Å². The molecule has 22 heavy (non-hydrogen) atoms. The van der Waals surface area contributed by atoms with Gasteiger partial charge in [0.15, 0.2) is 0 Å². The van der Waals surface area contributed by atoms with E-state index in [9.17, 15) is 9.59 Å². The summed E-state index contributed by atoms with van der Waals surface area (Å²) < 4.78 is 0. The summed E-state index contributed by atoms with van der Waals surface area (Å²) in [4.78, 5) is 25.5. The largest absolute Gasteiger partial charge is 0.342 e. The second kappa shape index (κ2) is 6.32. The van der Waals surface area contributed by atoms with Gasteiger partial charge < -0.3 is 10.6 Å². The molecule has 0 fully saturated rings. The first kappa shape index (κ1) is 14.8. The topological polar surface area (TPSA) is 58.2 Å². The van der Waals surface area contributed by atoms with Crippen LogP contribution >= 0.6 is 11.3 Å². The quantitative estimate of drug-likeness (QED) is 0.911. The monoisotopic (exact) mass is 314 g/mol. The average molecular weight is 314 g/mol. The van der Waals surface area contributed by atoms with E-state index < -0.39 is 0 Å². The van der Waals surface area contributed by atoms with Crippen molar-refractivity contribution in [2.75, 3.05) is 11.9 Å². The summed E-state index contributed by atoms with van der Waals surface area (Å²) in [5.41, 5.74) is 3.49. The van der Waals surface area contributed by atoms with Crippen LogP contribution in [0.25, 0.3) is 0 Å². The third-order valence-corrected chi connectivity index (χ3v) is 4.76. The minimum absolute atomic E-state index is 0.0210. The number of carbonyl (C=O) groups excluding carboxylic acids is 2. The molecule has 1 heterocycles. The van der Waals surface area contributed by atoms with E-state index in [1.807, 2.05) is 25.1 Å². The maximum atomic E-state index is 11.9. The van der Waals surface area contributed by atoms with Gasteiger partial charge in [0.25, 0.3) is 5.91 Å². The summed E-state index contributed by atoms with van der Waals surface area (Å²) in [5, 5.41) is 5.48. The van der Waals surface area contributed by atoms with Crippen molar-refractivity contribution >= 4 is 28.8 Å². The molecule has 0 aliphatic heterocycles. The molecule has 0 saturated carbocycles. The zero-order valence-corrected chi connectivity index (χ0v) is 13.3. The summed E-state index contributed by atoms with van der Waals surface area (Å²) in [6.45, 7) is 1.93. The SMILES string of the molecule is Cc1ccc(C(=O)NCC(=O)Nc2ccc3c(c2)CCC3)s1. The molecule has 2 aromatic rings. The van der Waals surface area contributed by atoms with E-state index in [4.69, 9.17) is 0 Å². The zero-order chi connectivity index (χ0) is 15.5. The average Bonchev–Trinajstić information content (AvgIpc) is 3.13. The summed E-state index contributed by atoms with van der Waals surface area (Å²) in [6, 6.07) is 9.69. The third-order valence-electron chi connectivity index (χ3n) is 3.76. The van der Waals surface area contributed by atoms with Crippen molar-refractivity contribution in [3.05, 3.63) is 51.2 Å². The van der Waals surface area contributed by atoms with Crippen molar-refractivity contribution in [3.63, 3.8) is 0 Å². The van der Waals surface area contributed by atoms with E-state index in [0.717, 1.165) is 23.4 Å². The molecular weight excluding hydrogens is 296 g/mol. The van der Waals surface area contributed by atoms with Crippen molar-refractivity contribution in [1.29, 1.82) is 0 Å². The molecular formula is C17H18N2O2S. The van der Waals surface area contributed by atoms with Crippen LogP contribution in [0.2, 0.25) is 0 Å². The molecule has 5 heteroatoms. The van der Waals surface area contributed by atoms with Gasteiger partial charge in [0.1, 0.15) is 0 Å². The number of anilines is 1. The lowest BCUT2D eigenvalue weighted by Gasteiger charge is -2.08. The van der Waals surface area contributed by atoms with Gasteiger partial charge >= 0.3 is 0 Å². The number of hydrogen-bond acceptors (Lipinski definition) is 3. The van der Waals surface area contributed by atoms with Crippen molar-refractivity contribution in [1.82, 2.24) is 5.32 Å². The van der Waals surface area contributed by atoms with E-state index in [2.05, 4.69) is 16.7 Å². The van der Waals surface area contributed by atoms with E-state index in [1.54, 1.807) is 6.07 Å². The number of carbonyl (C=O) groups is 2. The van der Waals surface area contributed by atoms with Gasteiger partial charge in [-0.25, -0.2) is 0 Å². The van der Waals surface area contributed by atoms with Crippen LogP contribution in [-0.4, -0.2) is 18.4 Å². The molecule has 2 amide bonds. The molecule has 0 unspecified atom stereocenters. The Morgan fingerprint density at radius 2 is 1.95 bits per heavy atom. The molecule has 1 aliphatic carbocycles. The minimum atomic E-state index is -0.209. The predicted octanol–water partition coefficient (Wildman–Crippen LogP) is 2.91. The van der Waals surface area contributed by atoms with Crippen molar-refractivity contribution in [2.45, 2.75) is 26.2 Å². The molecule has 2 N–H and O–H groups in total. The number of fused-ring (bicyclic) bond motifs is 1. The third kappa shape index (κ3) is 3.36. The second-order valence-corrected chi connectivity index (χ2v) is 6.77. The summed E-state index contributed by atoms with van der Waals surface area (Å²) in [6.07, 6.45) is 3.39. The Morgan fingerprint density at radius 1 is 1.14 bits per heavy atom. The fourth-order valence-electron chi connectivity index (χ4n) is 2.66. The number of benzene rings is 1. The highest BCUT2D eigenvalue weighted by Crippen LogP contribution is 2.24. The van der Waals surface area contributed by atoms with Gasteiger partial charge in [-0.3, -0.25) is 9.59 Å². The van der Waals surface area contributed by atoms with Gasteiger partial charge in [-0.05, 0) is 61.6 Å². The first-order valence-corrected chi connectivity index (χ1v) is 8.20. The fraction of sp³-hybridized carbons (Fsp3) is 0.294. The highest BCUT2D eigenvalue weighted by Gasteiger charge is 2.13. The molecule has 0 radical (unpaired) electrons. The molecule has 1 aliphatic rings. The van der Waals surface area contributed by atoms with Crippen molar-refractivity contribution < 1.29 is 9.59 Å². The highest BCUT2D eigenvalue weighted by molar-refractivity contribution is 7.13. The van der Waals surface area contributed by atoms with E-state index in [0.29, 0.717) is 4.88 Å². The Labute approximate surface area is 133 Å². The number of nitrogens with one attached hydrogen (secondary N) is 2. The maximum absolute atomic E-state index is 11.9. The van der Waals surface area contributed by atoms with Gasteiger partial charge in [0.05, 0.1) is 11.4 Å². The molecule has 1 aromatic carbocycles. The van der Waals surface area contributed by atoms with Gasteiger partial charge in [0, 0.05) is 10.6 Å². The van der Waals surface area contributed by atoms with Gasteiger partial charge in [0.2, 0.25) is 5.91 Å². The van der Waals surface area contributed by atoms with Crippen LogP contribution in [0.1, 0.15) is 32.1 Å². The molecule has 1 aromatic heterocycles. The van der Waals surface area contributed by atoms with Crippen LogP contribution in [0.5, 0.6) is 0 Å². The highest BCUT2D eigenvalue weighted by atomic mass is 32.1. The van der Waals surface area contributed by atoms with Crippen molar-refractivity contribution in [2.24, 2.45) is 0 Å². The summed E-state index contributed by atoms with van der Waals surface area (Å²) in [5.74, 6) is -0.415. The lowest BCUT2D eigenvalue weighted by molar-refractivity contribution is -0.115. The lowest BCUT2D eigenvalue weighted by Crippen LogP contribution is -2.32. The van der Waals surface area contributed by atoms with Gasteiger partial charge in [-0.2, -0.15) is 0 Å². The number of rotatable bonds is 4. The summed E-state index contributed by atoms with van der Waals surface area (Å²) >= 11 is 1.42. The fourth-order valence-corrected chi connectivity index (χ4v) is 3.44. The predicted molar refractivity (Wildman–Crippen MR) is 88.5 cm³/mol. The number of thiophene rings is 1.